The molecule has 168 valence electrons. The molecule has 0 aliphatic heterocycles. The van der Waals surface area contributed by atoms with E-state index in [4.69, 9.17) is 4.42 Å². The van der Waals surface area contributed by atoms with Crippen LogP contribution in [0.4, 0.5) is 0 Å². The maximum absolute atomic E-state index is 6.22. The zero-order valence-electron chi connectivity index (χ0n) is 19.5. The molecule has 6 aromatic carbocycles. The minimum Gasteiger partial charge on any atom is -0.456 e. The van der Waals surface area contributed by atoms with E-state index in [9.17, 15) is 0 Å². The number of hydrogen-bond acceptors (Lipinski definition) is 1. The monoisotopic (exact) mass is 459 g/mol. The van der Waals surface area contributed by atoms with Crippen LogP contribution in [-0.4, -0.2) is 4.57 Å². The van der Waals surface area contributed by atoms with Gasteiger partial charge < -0.3 is 8.98 Å². The third kappa shape index (κ3) is 2.67. The highest BCUT2D eigenvalue weighted by atomic mass is 16.3. The van der Waals surface area contributed by atoms with Gasteiger partial charge in [-0.1, -0.05) is 91.0 Å². The molecule has 36 heavy (non-hydrogen) atoms. The minimum atomic E-state index is 0.909. The van der Waals surface area contributed by atoms with Crippen molar-refractivity contribution in [2.45, 2.75) is 0 Å². The quantitative estimate of drug-likeness (QED) is 0.252. The van der Waals surface area contributed by atoms with Gasteiger partial charge in [0.05, 0.1) is 22.1 Å². The molecular weight excluding hydrogens is 438 g/mol. The summed E-state index contributed by atoms with van der Waals surface area (Å²) in [5, 5.41) is 7.32. The van der Waals surface area contributed by atoms with Crippen molar-refractivity contribution in [3.63, 3.8) is 0 Å². The van der Waals surface area contributed by atoms with Crippen LogP contribution in [0, 0.1) is 0 Å². The number of benzene rings is 6. The normalized spacial score (nSPS) is 11.9. The van der Waals surface area contributed by atoms with Crippen LogP contribution < -0.4 is 0 Å². The summed E-state index contributed by atoms with van der Waals surface area (Å²) >= 11 is 0. The van der Waals surface area contributed by atoms with Crippen molar-refractivity contribution in [1.82, 2.24) is 4.57 Å². The summed E-state index contributed by atoms with van der Waals surface area (Å²) in [6.07, 6.45) is 0. The van der Waals surface area contributed by atoms with Crippen molar-refractivity contribution in [2.75, 3.05) is 0 Å². The standard InChI is InChI=1S/C34H21NO/c1-2-11-24-22(9-1)10-7-14-25(24)23-19-20-30-28(21-23)26-12-3-5-15-29(26)35(30)31-16-8-18-33-34(31)27-13-4-6-17-32(27)36-33/h1-21H. The predicted molar refractivity (Wildman–Crippen MR) is 151 cm³/mol. The second-order valence-electron chi connectivity index (χ2n) is 9.36. The fourth-order valence-electron chi connectivity index (χ4n) is 5.82. The Labute approximate surface area is 207 Å². The van der Waals surface area contributed by atoms with Gasteiger partial charge in [0.15, 0.2) is 0 Å². The second-order valence-corrected chi connectivity index (χ2v) is 9.36. The highest BCUT2D eigenvalue weighted by molar-refractivity contribution is 6.15. The van der Waals surface area contributed by atoms with Gasteiger partial charge >= 0.3 is 0 Å². The summed E-state index contributed by atoms with van der Waals surface area (Å²) in [5.41, 5.74) is 7.84. The van der Waals surface area contributed by atoms with E-state index in [1.54, 1.807) is 0 Å². The molecule has 0 saturated carbocycles. The van der Waals surface area contributed by atoms with Gasteiger partial charge in [-0.25, -0.2) is 0 Å². The second kappa shape index (κ2) is 7.34. The van der Waals surface area contributed by atoms with Crippen LogP contribution in [-0.2, 0) is 0 Å². The summed E-state index contributed by atoms with van der Waals surface area (Å²) in [7, 11) is 0. The van der Waals surface area contributed by atoms with E-state index in [1.165, 1.54) is 43.7 Å². The van der Waals surface area contributed by atoms with E-state index in [0.717, 1.165) is 27.6 Å². The van der Waals surface area contributed by atoms with E-state index in [-0.39, 0.29) is 0 Å². The number of furan rings is 1. The summed E-state index contributed by atoms with van der Waals surface area (Å²) in [5.74, 6) is 0. The third-order valence-corrected chi connectivity index (χ3v) is 7.39. The largest absolute Gasteiger partial charge is 0.456 e. The van der Waals surface area contributed by atoms with Crippen molar-refractivity contribution in [3.8, 4) is 16.8 Å². The number of hydrogen-bond donors (Lipinski definition) is 0. The average molecular weight is 460 g/mol. The van der Waals surface area contributed by atoms with Crippen LogP contribution in [0.1, 0.15) is 0 Å². The maximum Gasteiger partial charge on any atom is 0.137 e. The Balaban J connectivity index is 1.47. The first-order chi connectivity index (χ1) is 17.9. The van der Waals surface area contributed by atoms with Crippen molar-refractivity contribution < 1.29 is 4.42 Å². The smallest absolute Gasteiger partial charge is 0.137 e. The molecule has 0 aliphatic carbocycles. The lowest BCUT2D eigenvalue weighted by molar-refractivity contribution is 0.669. The topological polar surface area (TPSA) is 18.1 Å². The Bertz CT molecular complexity index is 2100. The van der Waals surface area contributed by atoms with Crippen molar-refractivity contribution in [1.29, 1.82) is 0 Å². The van der Waals surface area contributed by atoms with E-state index in [1.807, 2.05) is 12.1 Å². The SMILES string of the molecule is c1ccc2c(-c3ccc4c(c3)c3ccccc3n4-c3cccc4oc5ccccc5c34)cccc2c1. The Morgan fingerprint density at radius 1 is 0.472 bits per heavy atom. The molecule has 2 heteroatoms. The van der Waals surface area contributed by atoms with E-state index in [0.29, 0.717) is 0 Å². The van der Waals surface area contributed by atoms with Crippen LogP contribution in [0.2, 0.25) is 0 Å². The number of fused-ring (bicyclic) bond motifs is 7. The Morgan fingerprint density at radius 3 is 2.11 bits per heavy atom. The summed E-state index contributed by atoms with van der Waals surface area (Å²) in [6.45, 7) is 0. The lowest BCUT2D eigenvalue weighted by Crippen LogP contribution is -1.94. The third-order valence-electron chi connectivity index (χ3n) is 7.39. The fraction of sp³-hybridized carbons (Fsp3) is 0. The van der Waals surface area contributed by atoms with Crippen molar-refractivity contribution in [3.05, 3.63) is 127 Å². The highest BCUT2D eigenvalue weighted by Gasteiger charge is 2.18. The van der Waals surface area contributed by atoms with Gasteiger partial charge in [0.25, 0.3) is 0 Å². The summed E-state index contributed by atoms with van der Waals surface area (Å²) in [6, 6.07) is 45.4. The maximum atomic E-state index is 6.22. The fourth-order valence-corrected chi connectivity index (χ4v) is 5.82. The molecule has 8 rings (SSSR count). The lowest BCUT2D eigenvalue weighted by atomic mass is 9.97. The molecule has 2 aromatic heterocycles. The van der Waals surface area contributed by atoms with Crippen molar-refractivity contribution >= 4 is 54.5 Å². The molecule has 0 aliphatic rings. The zero-order chi connectivity index (χ0) is 23.6. The Kier molecular flexibility index (Phi) is 3.97. The molecule has 0 radical (unpaired) electrons. The molecule has 8 aromatic rings. The van der Waals surface area contributed by atoms with Crippen LogP contribution in [0.15, 0.2) is 132 Å². The van der Waals surface area contributed by atoms with Gasteiger partial charge in [0.1, 0.15) is 11.2 Å². The molecule has 0 unspecified atom stereocenters. The van der Waals surface area contributed by atoms with E-state index < -0.39 is 0 Å². The van der Waals surface area contributed by atoms with Gasteiger partial charge in [0, 0.05) is 16.2 Å². The average Bonchev–Trinajstić information content (AvgIpc) is 3.48. The van der Waals surface area contributed by atoms with Crippen LogP contribution in [0.25, 0.3) is 71.3 Å². The summed E-state index contributed by atoms with van der Waals surface area (Å²) in [4.78, 5) is 0. The molecule has 2 nitrogen and oxygen atoms in total. The molecule has 0 amide bonds. The van der Waals surface area contributed by atoms with Gasteiger partial charge in [-0.15, -0.1) is 0 Å². The molecular formula is C34H21NO. The van der Waals surface area contributed by atoms with Crippen LogP contribution in [0.3, 0.4) is 0 Å². The number of para-hydroxylation sites is 2. The molecule has 0 spiro atoms. The zero-order valence-corrected chi connectivity index (χ0v) is 19.5. The van der Waals surface area contributed by atoms with Gasteiger partial charge in [-0.3, -0.25) is 0 Å². The first-order valence-electron chi connectivity index (χ1n) is 12.3. The highest BCUT2D eigenvalue weighted by Crippen LogP contribution is 2.40. The lowest BCUT2D eigenvalue weighted by Gasteiger charge is -2.11. The molecule has 0 atom stereocenters. The molecule has 2 heterocycles. The minimum absolute atomic E-state index is 0.909. The molecule has 0 fully saturated rings. The first-order valence-corrected chi connectivity index (χ1v) is 12.3. The van der Waals surface area contributed by atoms with Crippen LogP contribution >= 0.6 is 0 Å². The molecule has 0 saturated heterocycles. The van der Waals surface area contributed by atoms with Gasteiger partial charge in [-0.2, -0.15) is 0 Å². The molecule has 0 bridgehead atoms. The van der Waals surface area contributed by atoms with E-state index in [2.05, 4.69) is 120 Å². The van der Waals surface area contributed by atoms with Gasteiger partial charge in [-0.05, 0) is 58.3 Å². The van der Waals surface area contributed by atoms with Crippen molar-refractivity contribution in [2.24, 2.45) is 0 Å². The van der Waals surface area contributed by atoms with Crippen LogP contribution in [0.5, 0.6) is 0 Å². The molecule has 0 N–H and O–H groups in total. The Hall–Kier alpha value is -4.82. The first kappa shape index (κ1) is 19.5. The number of nitrogens with zero attached hydrogens (tertiary/aromatic N) is 1. The Morgan fingerprint density at radius 2 is 1.17 bits per heavy atom. The van der Waals surface area contributed by atoms with E-state index >= 15 is 0 Å². The number of aromatic nitrogens is 1. The summed E-state index contributed by atoms with van der Waals surface area (Å²) < 4.78 is 8.61. The predicted octanol–water partition coefficient (Wildman–Crippen LogP) is 9.50. The number of rotatable bonds is 2. The van der Waals surface area contributed by atoms with Gasteiger partial charge in [0.2, 0.25) is 0 Å².